The second kappa shape index (κ2) is 7.44. The highest BCUT2D eigenvalue weighted by molar-refractivity contribution is 5.93. The summed E-state index contributed by atoms with van der Waals surface area (Å²) in [5, 5.41) is 17.5. The topological polar surface area (TPSA) is 76.4 Å². The van der Waals surface area contributed by atoms with Gasteiger partial charge in [0, 0.05) is 25.6 Å². The third kappa shape index (κ3) is 3.61. The van der Waals surface area contributed by atoms with E-state index in [4.69, 9.17) is 4.74 Å². The lowest BCUT2D eigenvalue weighted by atomic mass is 10.0. The number of nitrogens with zero attached hydrogens (tertiary/aromatic N) is 2. The molecule has 0 aliphatic carbocycles. The highest BCUT2D eigenvalue weighted by Gasteiger charge is 2.18. The van der Waals surface area contributed by atoms with Crippen molar-refractivity contribution in [2.75, 3.05) is 13.2 Å². The van der Waals surface area contributed by atoms with Crippen molar-refractivity contribution >= 4 is 5.91 Å². The molecular weight excluding hydrogens is 361 g/mol. The van der Waals surface area contributed by atoms with Gasteiger partial charge in [0.1, 0.15) is 17.3 Å². The average molecular weight is 381 g/mol. The minimum Gasteiger partial charge on any atom is -0.493 e. The molecule has 1 aliphatic rings. The maximum atomic E-state index is 13.1. The number of hydrogen-bond acceptors (Lipinski definition) is 4. The van der Waals surface area contributed by atoms with Crippen LogP contribution in [0.15, 0.2) is 48.5 Å². The van der Waals surface area contributed by atoms with E-state index in [9.17, 15) is 14.3 Å². The molecule has 1 aliphatic heterocycles. The Morgan fingerprint density at radius 1 is 1.29 bits per heavy atom. The number of aliphatic hydroxyl groups is 1. The van der Waals surface area contributed by atoms with Gasteiger partial charge in [-0.05, 0) is 53.6 Å². The first kappa shape index (κ1) is 18.2. The average Bonchev–Trinajstić information content (AvgIpc) is 3.32. The maximum Gasteiger partial charge on any atom is 0.269 e. The van der Waals surface area contributed by atoms with Crippen LogP contribution >= 0.6 is 0 Å². The Morgan fingerprint density at radius 2 is 2.07 bits per heavy atom. The molecule has 1 atom stereocenters. The van der Waals surface area contributed by atoms with Gasteiger partial charge in [-0.25, -0.2) is 4.39 Å². The van der Waals surface area contributed by atoms with Gasteiger partial charge < -0.3 is 15.2 Å². The highest BCUT2D eigenvalue weighted by atomic mass is 19.1. The lowest BCUT2D eigenvalue weighted by molar-refractivity contribution is 0.0907. The van der Waals surface area contributed by atoms with E-state index in [2.05, 4.69) is 10.4 Å². The predicted molar refractivity (Wildman–Crippen MR) is 102 cm³/mol. The van der Waals surface area contributed by atoms with Crippen LogP contribution in [-0.2, 0) is 13.5 Å². The van der Waals surface area contributed by atoms with Gasteiger partial charge in [0.05, 0.1) is 18.4 Å². The van der Waals surface area contributed by atoms with Gasteiger partial charge in [-0.3, -0.25) is 9.48 Å². The zero-order chi connectivity index (χ0) is 19.7. The van der Waals surface area contributed by atoms with E-state index in [1.165, 1.54) is 16.8 Å². The summed E-state index contributed by atoms with van der Waals surface area (Å²) < 4.78 is 20.0. The Hall–Kier alpha value is -3.19. The van der Waals surface area contributed by atoms with Crippen LogP contribution in [-0.4, -0.2) is 33.9 Å². The summed E-state index contributed by atoms with van der Waals surface area (Å²) in [6, 6.07) is 13.1. The number of rotatable bonds is 5. The van der Waals surface area contributed by atoms with Crippen molar-refractivity contribution in [3.8, 4) is 17.0 Å². The summed E-state index contributed by atoms with van der Waals surface area (Å²) >= 11 is 0. The van der Waals surface area contributed by atoms with Gasteiger partial charge in [0.15, 0.2) is 0 Å². The number of amides is 1. The van der Waals surface area contributed by atoms with Crippen molar-refractivity contribution in [1.29, 1.82) is 0 Å². The van der Waals surface area contributed by atoms with Gasteiger partial charge in [-0.2, -0.15) is 5.10 Å². The molecule has 0 radical (unpaired) electrons. The van der Waals surface area contributed by atoms with E-state index in [-0.39, 0.29) is 18.3 Å². The van der Waals surface area contributed by atoms with E-state index in [0.29, 0.717) is 18.0 Å². The van der Waals surface area contributed by atoms with Crippen molar-refractivity contribution in [1.82, 2.24) is 15.1 Å². The summed E-state index contributed by atoms with van der Waals surface area (Å²) in [6.45, 7) is 0.734. The molecule has 1 unspecified atom stereocenters. The molecule has 1 amide bonds. The molecule has 7 heteroatoms. The highest BCUT2D eigenvalue weighted by Crippen LogP contribution is 2.28. The quantitative estimate of drug-likeness (QED) is 0.712. The first-order valence-corrected chi connectivity index (χ1v) is 9.03. The predicted octanol–water partition coefficient (Wildman–Crippen LogP) is 2.62. The summed E-state index contributed by atoms with van der Waals surface area (Å²) in [6.07, 6.45) is 0.00308. The number of nitrogens with one attached hydrogen (secondary N) is 1. The van der Waals surface area contributed by atoms with E-state index < -0.39 is 6.10 Å². The molecule has 6 nitrogen and oxygen atoms in total. The van der Waals surface area contributed by atoms with Gasteiger partial charge in [-0.15, -0.1) is 0 Å². The molecule has 0 saturated carbocycles. The molecule has 3 aromatic rings. The summed E-state index contributed by atoms with van der Waals surface area (Å²) in [5.41, 5.74) is 3.46. The fraction of sp³-hybridized carbons (Fsp3) is 0.238. The number of fused-ring (bicyclic) bond motifs is 1. The zero-order valence-electron chi connectivity index (χ0n) is 15.4. The first-order chi connectivity index (χ1) is 13.5. The van der Waals surface area contributed by atoms with Gasteiger partial charge in [-0.1, -0.05) is 6.07 Å². The van der Waals surface area contributed by atoms with E-state index >= 15 is 0 Å². The Labute approximate surface area is 161 Å². The number of aromatic nitrogens is 2. The SMILES string of the molecule is Cn1nc(-c2ccc(F)cc2)cc1C(=O)NCC(O)c1ccc2c(c1)CCO2. The van der Waals surface area contributed by atoms with Crippen molar-refractivity contribution in [3.05, 3.63) is 71.2 Å². The second-order valence-electron chi connectivity index (χ2n) is 6.74. The number of carbonyl (C=O) groups excluding carboxylic acids is 1. The van der Waals surface area contributed by atoms with E-state index in [0.717, 1.165) is 28.9 Å². The summed E-state index contributed by atoms with van der Waals surface area (Å²) in [7, 11) is 1.67. The van der Waals surface area contributed by atoms with Gasteiger partial charge >= 0.3 is 0 Å². The first-order valence-electron chi connectivity index (χ1n) is 9.03. The minimum atomic E-state index is -0.820. The standard InChI is InChI=1S/C21H20FN3O3/c1-25-18(11-17(24-25)13-2-5-16(22)6-3-13)21(27)23-12-19(26)14-4-7-20-15(10-14)8-9-28-20/h2-7,10-11,19,26H,8-9,12H2,1H3,(H,23,27). The van der Waals surface area contributed by atoms with Gasteiger partial charge in [0.2, 0.25) is 0 Å². The maximum absolute atomic E-state index is 13.1. The third-order valence-electron chi connectivity index (χ3n) is 4.81. The molecule has 28 heavy (non-hydrogen) atoms. The molecule has 0 fully saturated rings. The van der Waals surface area contributed by atoms with Crippen LogP contribution in [0.4, 0.5) is 4.39 Å². The molecule has 2 N–H and O–H groups in total. The monoisotopic (exact) mass is 381 g/mol. The molecule has 0 saturated heterocycles. The lowest BCUT2D eigenvalue weighted by Crippen LogP contribution is -2.29. The Bertz CT molecular complexity index is 1010. The van der Waals surface area contributed by atoms with Crippen molar-refractivity contribution in [2.24, 2.45) is 7.05 Å². The number of hydrogen-bond donors (Lipinski definition) is 2. The number of ether oxygens (including phenoxy) is 1. The normalized spacial score (nSPS) is 13.7. The summed E-state index contributed by atoms with van der Waals surface area (Å²) in [5.74, 6) is 0.180. The molecule has 2 heterocycles. The smallest absolute Gasteiger partial charge is 0.269 e. The minimum absolute atomic E-state index is 0.0789. The Kier molecular flexibility index (Phi) is 4.83. The molecule has 144 valence electrons. The lowest BCUT2D eigenvalue weighted by Gasteiger charge is -2.13. The third-order valence-corrected chi connectivity index (χ3v) is 4.81. The fourth-order valence-electron chi connectivity index (χ4n) is 3.25. The molecule has 2 aromatic carbocycles. The Balaban J connectivity index is 1.43. The van der Waals surface area contributed by atoms with Crippen LogP contribution in [0.5, 0.6) is 5.75 Å². The van der Waals surface area contributed by atoms with Crippen LogP contribution in [0, 0.1) is 5.82 Å². The van der Waals surface area contributed by atoms with E-state index in [1.807, 2.05) is 12.1 Å². The molecule has 0 spiro atoms. The molecule has 4 rings (SSSR count). The Morgan fingerprint density at radius 3 is 2.86 bits per heavy atom. The fourth-order valence-corrected chi connectivity index (χ4v) is 3.25. The number of benzene rings is 2. The van der Waals surface area contributed by atoms with Crippen LogP contribution in [0.3, 0.4) is 0 Å². The van der Waals surface area contributed by atoms with Crippen LogP contribution in [0.2, 0.25) is 0 Å². The molecule has 0 bridgehead atoms. The number of carbonyl (C=O) groups is 1. The molecule has 1 aromatic heterocycles. The summed E-state index contributed by atoms with van der Waals surface area (Å²) in [4.78, 5) is 12.5. The second-order valence-corrected chi connectivity index (χ2v) is 6.74. The van der Waals surface area contributed by atoms with Gasteiger partial charge in [0.25, 0.3) is 5.91 Å². The zero-order valence-corrected chi connectivity index (χ0v) is 15.4. The van der Waals surface area contributed by atoms with Crippen LogP contribution < -0.4 is 10.1 Å². The number of aliphatic hydroxyl groups excluding tert-OH is 1. The van der Waals surface area contributed by atoms with Crippen LogP contribution in [0.1, 0.15) is 27.7 Å². The van der Waals surface area contributed by atoms with Crippen molar-refractivity contribution in [2.45, 2.75) is 12.5 Å². The van der Waals surface area contributed by atoms with E-state index in [1.54, 1.807) is 31.3 Å². The van der Waals surface area contributed by atoms with Crippen molar-refractivity contribution < 1.29 is 19.0 Å². The van der Waals surface area contributed by atoms with Crippen LogP contribution in [0.25, 0.3) is 11.3 Å². The number of aryl methyl sites for hydroxylation is 1. The largest absolute Gasteiger partial charge is 0.493 e. The van der Waals surface area contributed by atoms with Crippen molar-refractivity contribution in [3.63, 3.8) is 0 Å². The number of halogens is 1. The molecular formula is C21H20FN3O3.